The predicted molar refractivity (Wildman–Crippen MR) is 98.9 cm³/mol. The summed E-state index contributed by atoms with van der Waals surface area (Å²) in [6, 6.07) is 6.86. The van der Waals surface area contributed by atoms with Crippen LogP contribution in [0.2, 0.25) is 0 Å². The lowest BCUT2D eigenvalue weighted by atomic mass is 10.0. The molecule has 0 bridgehead atoms. The van der Waals surface area contributed by atoms with Gasteiger partial charge in [-0.25, -0.2) is 13.2 Å². The Morgan fingerprint density at radius 2 is 1.96 bits per heavy atom. The second-order valence-electron chi connectivity index (χ2n) is 6.76. The molecule has 0 aliphatic carbocycles. The van der Waals surface area contributed by atoms with Gasteiger partial charge in [-0.2, -0.15) is 4.98 Å². The first kappa shape index (κ1) is 18.3. The molecule has 1 aromatic carbocycles. The number of rotatable bonds is 3. The number of amides is 1. The highest BCUT2D eigenvalue weighted by Gasteiger charge is 2.33. The molecule has 1 aliphatic rings. The number of benzene rings is 1. The number of carbonyl (C=O) groups is 1. The van der Waals surface area contributed by atoms with Gasteiger partial charge in [0.1, 0.15) is 5.69 Å². The molecule has 1 fully saturated rings. The van der Waals surface area contributed by atoms with E-state index in [0.717, 1.165) is 16.7 Å². The molecule has 26 heavy (non-hydrogen) atoms. The Balaban J connectivity index is 1.93. The summed E-state index contributed by atoms with van der Waals surface area (Å²) in [5, 5.41) is 0. The normalized spacial score (nSPS) is 18.7. The van der Waals surface area contributed by atoms with Gasteiger partial charge in [-0.3, -0.25) is 4.79 Å². The van der Waals surface area contributed by atoms with Crippen LogP contribution in [0.15, 0.2) is 29.1 Å². The van der Waals surface area contributed by atoms with Crippen molar-refractivity contribution in [1.82, 2.24) is 14.9 Å². The van der Waals surface area contributed by atoms with Crippen molar-refractivity contribution in [2.45, 2.75) is 26.3 Å². The topological polar surface area (TPSA) is 100 Å². The minimum atomic E-state index is -3.10. The zero-order chi connectivity index (χ0) is 19.1. The van der Waals surface area contributed by atoms with Crippen molar-refractivity contribution < 1.29 is 13.2 Å². The van der Waals surface area contributed by atoms with Crippen molar-refractivity contribution in [1.29, 1.82) is 0 Å². The molecule has 0 spiro atoms. The van der Waals surface area contributed by atoms with Crippen molar-refractivity contribution in [3.63, 3.8) is 0 Å². The number of hydrogen-bond acceptors (Lipinski definition) is 5. The van der Waals surface area contributed by atoms with Gasteiger partial charge in [0.2, 0.25) is 0 Å². The number of carbonyl (C=O) groups excluding carboxylic acids is 1. The van der Waals surface area contributed by atoms with Gasteiger partial charge in [0.05, 0.1) is 17.2 Å². The van der Waals surface area contributed by atoms with E-state index in [1.54, 1.807) is 7.05 Å². The molecule has 1 aliphatic heterocycles. The zero-order valence-electron chi connectivity index (χ0n) is 14.9. The van der Waals surface area contributed by atoms with Gasteiger partial charge in [0, 0.05) is 18.7 Å². The maximum absolute atomic E-state index is 12.7. The maximum Gasteiger partial charge on any atom is 0.346 e. The number of nitrogens with one attached hydrogen (secondary N) is 1. The van der Waals surface area contributed by atoms with Gasteiger partial charge >= 0.3 is 5.69 Å². The molecule has 1 N–H and O–H groups in total. The fraction of sp³-hybridized carbons (Fsp3) is 0.389. The van der Waals surface area contributed by atoms with E-state index < -0.39 is 21.4 Å². The van der Waals surface area contributed by atoms with E-state index in [2.05, 4.69) is 9.97 Å². The molecule has 1 unspecified atom stereocenters. The van der Waals surface area contributed by atoms with Crippen molar-refractivity contribution in [3.05, 3.63) is 51.6 Å². The molecule has 1 aromatic heterocycles. The SMILES string of the molecule is Cc1ccc(-c2cc(C(=O)N(C)C3CCS(=O)(=O)C3)[nH]c(=O)n2)cc1C. The van der Waals surface area contributed by atoms with Gasteiger partial charge in [-0.1, -0.05) is 12.1 Å². The van der Waals surface area contributed by atoms with Crippen LogP contribution < -0.4 is 5.69 Å². The largest absolute Gasteiger partial charge is 0.346 e. The third-order valence-corrected chi connectivity index (χ3v) is 6.60. The first-order chi connectivity index (χ1) is 12.2. The Labute approximate surface area is 152 Å². The van der Waals surface area contributed by atoms with Crippen LogP contribution in [-0.2, 0) is 9.84 Å². The van der Waals surface area contributed by atoms with Crippen LogP contribution in [0.1, 0.15) is 28.0 Å². The number of aromatic nitrogens is 2. The molecular formula is C18H21N3O4S. The molecule has 0 saturated carbocycles. The Hall–Kier alpha value is -2.48. The monoisotopic (exact) mass is 375 g/mol. The number of aromatic amines is 1. The van der Waals surface area contributed by atoms with E-state index in [4.69, 9.17) is 0 Å². The van der Waals surface area contributed by atoms with E-state index in [1.807, 2.05) is 32.0 Å². The Kier molecular flexibility index (Phi) is 4.70. The lowest BCUT2D eigenvalue weighted by Crippen LogP contribution is -2.39. The quantitative estimate of drug-likeness (QED) is 0.872. The standard InChI is InChI=1S/C18H21N3O4S/c1-11-4-5-13(8-12(11)2)15-9-16(20-18(23)19-15)17(22)21(3)14-6-7-26(24,25)10-14/h4-5,8-9,14H,6-7,10H2,1-3H3,(H,19,20,23). The highest BCUT2D eigenvalue weighted by molar-refractivity contribution is 7.91. The highest BCUT2D eigenvalue weighted by Crippen LogP contribution is 2.21. The summed E-state index contributed by atoms with van der Waals surface area (Å²) in [6.07, 6.45) is 0.407. The fourth-order valence-electron chi connectivity index (χ4n) is 3.06. The first-order valence-electron chi connectivity index (χ1n) is 8.33. The molecule has 2 aromatic rings. The molecule has 7 nitrogen and oxygen atoms in total. The summed E-state index contributed by atoms with van der Waals surface area (Å²) in [5.41, 5.74) is 2.83. The Morgan fingerprint density at radius 1 is 1.23 bits per heavy atom. The number of sulfone groups is 1. The van der Waals surface area contributed by atoms with Gasteiger partial charge < -0.3 is 9.88 Å². The van der Waals surface area contributed by atoms with Gasteiger partial charge in [-0.05, 0) is 43.5 Å². The molecule has 8 heteroatoms. The van der Waals surface area contributed by atoms with Crippen molar-refractivity contribution in [2.75, 3.05) is 18.6 Å². The molecule has 1 amide bonds. The third kappa shape index (κ3) is 3.70. The predicted octanol–water partition coefficient (Wildman–Crippen LogP) is 1.31. The molecule has 138 valence electrons. The molecule has 1 saturated heterocycles. The number of hydrogen-bond donors (Lipinski definition) is 1. The van der Waals surface area contributed by atoms with Crippen LogP contribution >= 0.6 is 0 Å². The van der Waals surface area contributed by atoms with Gasteiger partial charge in [-0.15, -0.1) is 0 Å². The first-order valence-corrected chi connectivity index (χ1v) is 10.1. The van der Waals surface area contributed by atoms with Crippen LogP contribution in [0.3, 0.4) is 0 Å². The van der Waals surface area contributed by atoms with Crippen LogP contribution in [0.4, 0.5) is 0 Å². The fourth-order valence-corrected chi connectivity index (χ4v) is 4.83. The number of H-pyrrole nitrogens is 1. The van der Waals surface area contributed by atoms with Gasteiger partial charge in [0.25, 0.3) is 5.91 Å². The van der Waals surface area contributed by atoms with Crippen LogP contribution in [0, 0.1) is 13.8 Å². The second kappa shape index (κ2) is 6.68. The maximum atomic E-state index is 12.7. The summed E-state index contributed by atoms with van der Waals surface area (Å²) >= 11 is 0. The lowest BCUT2D eigenvalue weighted by Gasteiger charge is -2.23. The number of nitrogens with zero attached hydrogens (tertiary/aromatic N) is 2. The minimum absolute atomic E-state index is 0.0471. The van der Waals surface area contributed by atoms with Crippen LogP contribution in [-0.4, -0.2) is 53.8 Å². The summed E-state index contributed by atoms with van der Waals surface area (Å²) < 4.78 is 23.3. The molecule has 1 atom stereocenters. The van der Waals surface area contributed by atoms with Crippen LogP contribution in [0.25, 0.3) is 11.3 Å². The molecular weight excluding hydrogens is 354 g/mol. The van der Waals surface area contributed by atoms with Crippen LogP contribution in [0.5, 0.6) is 0 Å². The minimum Gasteiger partial charge on any atom is -0.336 e. The molecule has 0 radical (unpaired) electrons. The van der Waals surface area contributed by atoms with E-state index in [1.165, 1.54) is 11.0 Å². The zero-order valence-corrected chi connectivity index (χ0v) is 15.8. The summed E-state index contributed by atoms with van der Waals surface area (Å²) in [5.74, 6) is -0.387. The summed E-state index contributed by atoms with van der Waals surface area (Å²) in [7, 11) is -1.54. The van der Waals surface area contributed by atoms with E-state index in [-0.39, 0.29) is 23.2 Å². The van der Waals surface area contributed by atoms with E-state index >= 15 is 0 Å². The van der Waals surface area contributed by atoms with Crippen molar-refractivity contribution >= 4 is 15.7 Å². The average Bonchev–Trinajstić information content (AvgIpc) is 2.95. The smallest absolute Gasteiger partial charge is 0.336 e. The summed E-state index contributed by atoms with van der Waals surface area (Å²) in [4.78, 5) is 32.5. The van der Waals surface area contributed by atoms with Gasteiger partial charge in [0.15, 0.2) is 9.84 Å². The molecule has 2 heterocycles. The highest BCUT2D eigenvalue weighted by atomic mass is 32.2. The van der Waals surface area contributed by atoms with E-state index in [0.29, 0.717) is 12.1 Å². The molecule has 3 rings (SSSR count). The second-order valence-corrected chi connectivity index (χ2v) is 8.99. The number of aryl methyl sites for hydroxylation is 2. The summed E-state index contributed by atoms with van der Waals surface area (Å²) in [6.45, 7) is 3.95. The van der Waals surface area contributed by atoms with Crippen molar-refractivity contribution in [3.8, 4) is 11.3 Å². The Morgan fingerprint density at radius 3 is 2.58 bits per heavy atom. The lowest BCUT2D eigenvalue weighted by molar-refractivity contribution is 0.0741. The van der Waals surface area contributed by atoms with Crippen molar-refractivity contribution in [2.24, 2.45) is 0 Å². The third-order valence-electron chi connectivity index (χ3n) is 4.85. The average molecular weight is 375 g/mol. The van der Waals surface area contributed by atoms with E-state index in [9.17, 15) is 18.0 Å². The Bertz CT molecular complexity index is 1030.